The van der Waals surface area contributed by atoms with Crippen LogP contribution in [0, 0.1) is 17.8 Å². The number of carboxylic acids is 1. The maximum atomic E-state index is 15.8. The van der Waals surface area contributed by atoms with Crippen molar-refractivity contribution in [2.45, 2.75) is 94.9 Å². The number of alkyl halides is 3. The number of carboxylic acid groups (broad SMARTS) is 1. The first-order valence-corrected chi connectivity index (χ1v) is 15.1. The number of amides is 1. The lowest BCUT2D eigenvalue weighted by Gasteiger charge is -2.32. The largest absolute Gasteiger partial charge is 0.481 e. The zero-order chi connectivity index (χ0) is 30.3. The molecule has 0 spiro atoms. The number of hydrogen-bond donors (Lipinski definition) is 3. The van der Waals surface area contributed by atoms with Crippen LogP contribution in [-0.2, 0) is 27.5 Å². The van der Waals surface area contributed by atoms with Gasteiger partial charge >= 0.3 is 12.1 Å². The zero-order valence-corrected chi connectivity index (χ0v) is 24.0. The van der Waals surface area contributed by atoms with Gasteiger partial charge in [-0.25, -0.2) is 13.1 Å². The van der Waals surface area contributed by atoms with E-state index in [9.17, 15) is 31.2 Å². The van der Waals surface area contributed by atoms with Crippen LogP contribution in [0.4, 0.5) is 17.6 Å². The first-order valence-electron chi connectivity index (χ1n) is 13.6. The van der Waals surface area contributed by atoms with Crippen LogP contribution in [0.2, 0.25) is 0 Å². The van der Waals surface area contributed by atoms with Gasteiger partial charge in [-0.1, -0.05) is 25.3 Å². The average molecular weight is 602 g/mol. The number of sulfonamides is 1. The lowest BCUT2D eigenvalue weighted by molar-refractivity contribution is -0.145. The molecule has 1 heterocycles. The zero-order valence-electron chi connectivity index (χ0n) is 23.1. The van der Waals surface area contributed by atoms with Crippen molar-refractivity contribution >= 4 is 21.9 Å². The number of nitrogens with zero attached hydrogens (tertiary/aromatic N) is 1. The SMILES string of the molecule is CC(C)(C)NS(=O)(=O)c1ccc(-c2cc(C(=O)N[C@H]3C[C@H](C(=O)O)C3)c(F)n2CC2CCCCC2)cc1C(F)(F)F. The number of benzene rings is 1. The lowest BCUT2D eigenvalue weighted by atomic mass is 9.80. The monoisotopic (exact) mass is 601 g/mol. The molecule has 0 saturated heterocycles. The summed E-state index contributed by atoms with van der Waals surface area (Å²) in [6.45, 7) is 4.66. The van der Waals surface area contributed by atoms with Gasteiger partial charge in [0.05, 0.1) is 27.6 Å². The van der Waals surface area contributed by atoms with Gasteiger partial charge in [0, 0.05) is 18.1 Å². The van der Waals surface area contributed by atoms with Crippen LogP contribution < -0.4 is 10.0 Å². The Morgan fingerprint density at radius 2 is 1.68 bits per heavy atom. The molecule has 4 rings (SSSR count). The van der Waals surface area contributed by atoms with Crippen molar-refractivity contribution in [3.63, 3.8) is 0 Å². The molecule has 41 heavy (non-hydrogen) atoms. The van der Waals surface area contributed by atoms with Crippen LogP contribution >= 0.6 is 0 Å². The summed E-state index contributed by atoms with van der Waals surface area (Å²) >= 11 is 0. The summed E-state index contributed by atoms with van der Waals surface area (Å²) in [5.74, 6) is -3.21. The van der Waals surface area contributed by atoms with Crippen LogP contribution in [0.15, 0.2) is 29.2 Å². The Labute approximate surface area is 236 Å². The summed E-state index contributed by atoms with van der Waals surface area (Å²) in [7, 11) is -4.56. The molecule has 0 radical (unpaired) electrons. The molecule has 0 unspecified atom stereocenters. The van der Waals surface area contributed by atoms with Gasteiger partial charge in [-0.2, -0.15) is 17.6 Å². The number of carbonyl (C=O) groups excluding carboxylic acids is 1. The van der Waals surface area contributed by atoms with Gasteiger partial charge in [0.1, 0.15) is 0 Å². The van der Waals surface area contributed by atoms with Crippen LogP contribution in [0.1, 0.15) is 81.6 Å². The Morgan fingerprint density at radius 1 is 1.05 bits per heavy atom. The molecule has 2 aliphatic rings. The topological polar surface area (TPSA) is 118 Å². The Balaban J connectivity index is 1.76. The maximum Gasteiger partial charge on any atom is 0.417 e. The molecule has 2 aliphatic carbocycles. The minimum atomic E-state index is -5.04. The van der Waals surface area contributed by atoms with Crippen molar-refractivity contribution in [1.29, 1.82) is 0 Å². The Kier molecular flexibility index (Phi) is 8.62. The van der Waals surface area contributed by atoms with Gasteiger partial charge in [0.25, 0.3) is 5.91 Å². The third kappa shape index (κ3) is 7.11. The van der Waals surface area contributed by atoms with E-state index in [2.05, 4.69) is 10.0 Å². The van der Waals surface area contributed by atoms with Crippen molar-refractivity contribution in [2.24, 2.45) is 11.8 Å². The molecule has 0 aliphatic heterocycles. The first kappa shape index (κ1) is 31.0. The molecule has 0 atom stereocenters. The molecule has 1 amide bonds. The number of rotatable bonds is 8. The summed E-state index contributed by atoms with van der Waals surface area (Å²) in [5, 5.41) is 11.7. The predicted molar refractivity (Wildman–Crippen MR) is 143 cm³/mol. The predicted octanol–water partition coefficient (Wildman–Crippen LogP) is 5.56. The van der Waals surface area contributed by atoms with Crippen LogP contribution in [0.3, 0.4) is 0 Å². The highest BCUT2D eigenvalue weighted by atomic mass is 32.2. The van der Waals surface area contributed by atoms with Crippen LogP contribution in [0.5, 0.6) is 0 Å². The normalized spacial score (nSPS) is 20.5. The number of nitrogens with one attached hydrogen (secondary N) is 2. The van der Waals surface area contributed by atoms with E-state index in [0.717, 1.165) is 38.2 Å². The second-order valence-corrected chi connectivity index (χ2v) is 13.7. The summed E-state index contributed by atoms with van der Waals surface area (Å²) < 4.78 is 87.6. The second-order valence-electron chi connectivity index (χ2n) is 12.1. The minimum absolute atomic E-state index is 0.0217. The van der Waals surface area contributed by atoms with E-state index < -0.39 is 62.0 Å². The summed E-state index contributed by atoms with van der Waals surface area (Å²) in [4.78, 5) is 23.1. The number of halogens is 4. The Morgan fingerprint density at radius 3 is 2.24 bits per heavy atom. The number of hydrogen-bond acceptors (Lipinski definition) is 4. The van der Waals surface area contributed by atoms with Gasteiger partial charge in [0.2, 0.25) is 16.0 Å². The molecule has 1 aromatic heterocycles. The maximum absolute atomic E-state index is 15.8. The van der Waals surface area contributed by atoms with Crippen LogP contribution in [-0.4, -0.2) is 41.5 Å². The second kappa shape index (κ2) is 11.4. The fraction of sp³-hybridized carbons (Fsp3) is 0.571. The van der Waals surface area contributed by atoms with Gasteiger partial charge in [-0.05, 0) is 76.1 Å². The fourth-order valence-corrected chi connectivity index (χ4v) is 7.16. The van der Waals surface area contributed by atoms with Gasteiger partial charge in [0.15, 0.2) is 0 Å². The first-order chi connectivity index (χ1) is 19.0. The highest BCUT2D eigenvalue weighted by Gasteiger charge is 2.39. The van der Waals surface area contributed by atoms with Gasteiger partial charge in [-0.3, -0.25) is 9.59 Å². The van der Waals surface area contributed by atoms with E-state index in [1.165, 1.54) is 37.5 Å². The summed E-state index contributed by atoms with van der Waals surface area (Å²) in [6.07, 6.45) is -0.110. The molecule has 226 valence electrons. The number of aliphatic carboxylic acids is 1. The molecule has 1 aromatic carbocycles. The molecule has 13 heteroatoms. The smallest absolute Gasteiger partial charge is 0.417 e. The van der Waals surface area contributed by atoms with E-state index >= 15 is 4.39 Å². The Bertz CT molecular complexity index is 1420. The third-order valence-corrected chi connectivity index (χ3v) is 9.39. The molecule has 8 nitrogen and oxygen atoms in total. The standard InChI is InChI=1S/C28H35F4N3O5S/c1-27(2,3)34-41(39,40)23-10-9-17(13-21(23)28(30,31)32)22-14-20(25(36)33-19-11-18(12-19)26(37)38)24(29)35(22)15-16-7-5-4-6-8-16/h9-10,13-14,16,18-19,34H,4-8,11-12,15H2,1-3H3,(H,33,36)(H,37,38)/t18-,19-. The fourth-order valence-electron chi connectivity index (χ4n) is 5.53. The summed E-state index contributed by atoms with van der Waals surface area (Å²) in [6, 6.07) is 3.43. The summed E-state index contributed by atoms with van der Waals surface area (Å²) in [5.41, 5.74) is -2.87. The molecule has 2 saturated carbocycles. The van der Waals surface area contributed by atoms with Crippen molar-refractivity contribution in [1.82, 2.24) is 14.6 Å². The highest BCUT2D eigenvalue weighted by Crippen LogP contribution is 2.39. The molecule has 0 bridgehead atoms. The van der Waals surface area contributed by atoms with Crippen molar-refractivity contribution in [3.8, 4) is 11.3 Å². The van der Waals surface area contributed by atoms with Gasteiger partial charge in [-0.15, -0.1) is 0 Å². The van der Waals surface area contributed by atoms with Crippen LogP contribution in [0.25, 0.3) is 11.3 Å². The van der Waals surface area contributed by atoms with Gasteiger partial charge < -0.3 is 15.0 Å². The lowest BCUT2D eigenvalue weighted by Crippen LogP contribution is -2.46. The Hall–Kier alpha value is -2.93. The van der Waals surface area contributed by atoms with Crippen molar-refractivity contribution < 1.29 is 40.7 Å². The van der Waals surface area contributed by atoms with E-state index in [4.69, 9.17) is 5.11 Å². The molecule has 2 aromatic rings. The number of aromatic nitrogens is 1. The molecule has 2 fully saturated rings. The van der Waals surface area contributed by atoms with E-state index in [1.54, 1.807) is 0 Å². The quantitative estimate of drug-likeness (QED) is 0.343. The van der Waals surface area contributed by atoms with Crippen molar-refractivity contribution in [2.75, 3.05) is 0 Å². The average Bonchev–Trinajstić information content (AvgIpc) is 3.15. The molecular weight excluding hydrogens is 566 g/mol. The van der Waals surface area contributed by atoms with Crippen molar-refractivity contribution in [3.05, 3.63) is 41.3 Å². The number of carbonyl (C=O) groups is 2. The van der Waals surface area contributed by atoms with E-state index in [1.807, 2.05) is 0 Å². The third-order valence-electron chi connectivity index (χ3n) is 7.57. The van der Waals surface area contributed by atoms with E-state index in [0.29, 0.717) is 6.07 Å². The van der Waals surface area contributed by atoms with E-state index in [-0.39, 0.29) is 42.1 Å². The highest BCUT2D eigenvalue weighted by molar-refractivity contribution is 7.89. The molecular formula is C28H35F4N3O5S. The minimum Gasteiger partial charge on any atom is -0.481 e. The molecule has 3 N–H and O–H groups in total.